The van der Waals surface area contributed by atoms with Crippen LogP contribution in [0.4, 0.5) is 4.39 Å². The molecule has 1 saturated heterocycles. The summed E-state index contributed by atoms with van der Waals surface area (Å²) in [6.45, 7) is 10.7. The molecule has 1 heterocycles. The maximum absolute atomic E-state index is 13.3. The summed E-state index contributed by atoms with van der Waals surface area (Å²) in [5.41, 5.74) is 1.53. The number of hydrogen-bond donors (Lipinski definition) is 0. The highest BCUT2D eigenvalue weighted by atomic mass is 19.1. The second kappa shape index (κ2) is 10.7. The van der Waals surface area contributed by atoms with E-state index in [1.807, 2.05) is 60.9 Å². The predicted molar refractivity (Wildman–Crippen MR) is 124 cm³/mol. The van der Waals surface area contributed by atoms with Crippen LogP contribution in [-0.2, 0) is 22.6 Å². The largest absolute Gasteiger partial charge is 0.340 e. The molecule has 0 spiro atoms. The van der Waals surface area contributed by atoms with E-state index < -0.39 is 0 Å². The van der Waals surface area contributed by atoms with Crippen LogP contribution in [0.25, 0.3) is 0 Å². The second-order valence-corrected chi connectivity index (χ2v) is 9.49. The lowest BCUT2D eigenvalue weighted by Gasteiger charge is -2.38. The van der Waals surface area contributed by atoms with Crippen molar-refractivity contribution in [2.75, 3.05) is 39.3 Å². The van der Waals surface area contributed by atoms with Crippen molar-refractivity contribution in [3.63, 3.8) is 0 Å². The van der Waals surface area contributed by atoms with Crippen LogP contribution in [0, 0.1) is 11.2 Å². The Morgan fingerprint density at radius 3 is 2.12 bits per heavy atom. The molecule has 0 bridgehead atoms. The molecule has 0 saturated carbocycles. The number of halogens is 1. The monoisotopic (exact) mass is 439 g/mol. The number of benzene rings is 2. The highest BCUT2D eigenvalue weighted by Gasteiger charge is 2.29. The Kier molecular flexibility index (Phi) is 8.02. The van der Waals surface area contributed by atoms with Crippen molar-refractivity contribution in [1.29, 1.82) is 0 Å². The smallest absolute Gasteiger partial charge is 0.228 e. The quantitative estimate of drug-likeness (QED) is 0.662. The molecule has 3 rings (SSSR count). The summed E-state index contributed by atoms with van der Waals surface area (Å²) in [5.74, 6) is -0.0335. The Morgan fingerprint density at radius 1 is 0.906 bits per heavy atom. The van der Waals surface area contributed by atoms with E-state index in [2.05, 4.69) is 4.90 Å². The first-order chi connectivity index (χ1) is 15.2. The fourth-order valence-electron chi connectivity index (χ4n) is 3.90. The molecule has 1 fully saturated rings. The number of amides is 2. The minimum absolute atomic E-state index is 0.0575. The van der Waals surface area contributed by atoms with E-state index >= 15 is 0 Å². The topological polar surface area (TPSA) is 43.9 Å². The standard InChI is InChI=1S/C26H34FN3O2/c1-26(2,3)25(32)29-16-13-28(14-17-29)15-18-30(20-22-9-11-23(27)12-10-22)24(31)19-21-7-5-4-6-8-21/h4-12H,13-20H2,1-3H3. The van der Waals surface area contributed by atoms with Crippen LogP contribution in [0.3, 0.4) is 0 Å². The lowest BCUT2D eigenvalue weighted by atomic mass is 9.94. The van der Waals surface area contributed by atoms with Gasteiger partial charge in [0.25, 0.3) is 0 Å². The Balaban J connectivity index is 1.59. The molecule has 0 N–H and O–H groups in total. The van der Waals surface area contributed by atoms with Gasteiger partial charge in [-0.3, -0.25) is 14.5 Å². The Hall–Kier alpha value is -2.73. The molecule has 0 unspecified atom stereocenters. The molecular formula is C26H34FN3O2. The zero-order valence-corrected chi connectivity index (χ0v) is 19.4. The molecule has 0 atom stereocenters. The molecule has 2 aromatic carbocycles. The van der Waals surface area contributed by atoms with E-state index in [-0.39, 0.29) is 23.0 Å². The number of rotatable bonds is 7. The van der Waals surface area contributed by atoms with Crippen molar-refractivity contribution >= 4 is 11.8 Å². The molecule has 0 aliphatic carbocycles. The van der Waals surface area contributed by atoms with E-state index in [4.69, 9.17) is 0 Å². The molecule has 6 heteroatoms. The van der Waals surface area contributed by atoms with E-state index in [1.165, 1.54) is 12.1 Å². The molecule has 0 radical (unpaired) electrons. The summed E-state index contributed by atoms with van der Waals surface area (Å²) in [6, 6.07) is 16.1. The van der Waals surface area contributed by atoms with Crippen molar-refractivity contribution in [3.8, 4) is 0 Å². The third kappa shape index (κ3) is 6.89. The molecule has 5 nitrogen and oxygen atoms in total. The zero-order valence-electron chi connectivity index (χ0n) is 19.4. The average molecular weight is 440 g/mol. The third-order valence-corrected chi connectivity index (χ3v) is 5.82. The number of nitrogens with zero attached hydrogens (tertiary/aromatic N) is 3. The van der Waals surface area contributed by atoms with Gasteiger partial charge in [0.1, 0.15) is 5.82 Å². The van der Waals surface area contributed by atoms with Crippen LogP contribution in [0.15, 0.2) is 54.6 Å². The Bertz CT molecular complexity index is 886. The first-order valence-corrected chi connectivity index (χ1v) is 11.3. The Labute approximate surface area is 190 Å². The van der Waals surface area contributed by atoms with E-state index in [0.717, 1.165) is 30.8 Å². The fraction of sp³-hybridized carbons (Fsp3) is 0.462. The van der Waals surface area contributed by atoms with Gasteiger partial charge < -0.3 is 9.80 Å². The maximum Gasteiger partial charge on any atom is 0.228 e. The van der Waals surface area contributed by atoms with E-state index in [1.54, 1.807) is 12.1 Å². The first-order valence-electron chi connectivity index (χ1n) is 11.3. The summed E-state index contributed by atoms with van der Waals surface area (Å²) in [5, 5.41) is 0. The molecule has 0 aromatic heterocycles. The van der Waals surface area contributed by atoms with Crippen LogP contribution < -0.4 is 0 Å². The van der Waals surface area contributed by atoms with Gasteiger partial charge in [-0.1, -0.05) is 63.2 Å². The SMILES string of the molecule is CC(C)(C)C(=O)N1CCN(CCN(Cc2ccc(F)cc2)C(=O)Cc2ccccc2)CC1. The van der Waals surface area contributed by atoms with Crippen LogP contribution in [0.1, 0.15) is 31.9 Å². The van der Waals surface area contributed by atoms with Crippen LogP contribution >= 0.6 is 0 Å². The number of piperazine rings is 1. The molecule has 1 aliphatic rings. The predicted octanol–water partition coefficient (Wildman–Crippen LogP) is 3.59. The first kappa shape index (κ1) is 23.9. The Morgan fingerprint density at radius 2 is 1.53 bits per heavy atom. The minimum Gasteiger partial charge on any atom is -0.340 e. The lowest BCUT2D eigenvalue weighted by Crippen LogP contribution is -2.52. The normalized spacial score (nSPS) is 14.9. The van der Waals surface area contributed by atoms with Gasteiger partial charge >= 0.3 is 0 Å². The van der Waals surface area contributed by atoms with Gasteiger partial charge in [0, 0.05) is 51.2 Å². The van der Waals surface area contributed by atoms with Crippen molar-refractivity contribution < 1.29 is 14.0 Å². The van der Waals surface area contributed by atoms with Crippen molar-refractivity contribution in [3.05, 3.63) is 71.5 Å². The highest BCUT2D eigenvalue weighted by Crippen LogP contribution is 2.18. The third-order valence-electron chi connectivity index (χ3n) is 5.82. The van der Waals surface area contributed by atoms with Gasteiger partial charge in [-0.25, -0.2) is 4.39 Å². The molecule has 2 amide bonds. The van der Waals surface area contributed by atoms with Gasteiger partial charge in [-0.05, 0) is 23.3 Å². The van der Waals surface area contributed by atoms with E-state index in [0.29, 0.717) is 32.6 Å². The van der Waals surface area contributed by atoms with Gasteiger partial charge in [0.15, 0.2) is 0 Å². The lowest BCUT2D eigenvalue weighted by molar-refractivity contribution is -0.141. The molecule has 1 aliphatic heterocycles. The summed E-state index contributed by atoms with van der Waals surface area (Å²) in [4.78, 5) is 31.7. The van der Waals surface area contributed by atoms with Gasteiger partial charge in [-0.2, -0.15) is 0 Å². The van der Waals surface area contributed by atoms with Crippen LogP contribution in [-0.4, -0.2) is 65.8 Å². The van der Waals surface area contributed by atoms with Crippen molar-refractivity contribution in [1.82, 2.24) is 14.7 Å². The number of carbonyl (C=O) groups excluding carboxylic acids is 2. The molecule has 32 heavy (non-hydrogen) atoms. The van der Waals surface area contributed by atoms with Gasteiger partial charge in [-0.15, -0.1) is 0 Å². The summed E-state index contributed by atoms with van der Waals surface area (Å²) in [6.07, 6.45) is 0.343. The van der Waals surface area contributed by atoms with Crippen molar-refractivity contribution in [2.45, 2.75) is 33.7 Å². The summed E-state index contributed by atoms with van der Waals surface area (Å²) >= 11 is 0. The molecule has 2 aromatic rings. The van der Waals surface area contributed by atoms with Gasteiger partial charge in [0.2, 0.25) is 11.8 Å². The molecule has 172 valence electrons. The molecular weight excluding hydrogens is 405 g/mol. The highest BCUT2D eigenvalue weighted by molar-refractivity contribution is 5.81. The van der Waals surface area contributed by atoms with E-state index in [9.17, 15) is 14.0 Å². The number of carbonyl (C=O) groups is 2. The average Bonchev–Trinajstić information content (AvgIpc) is 2.78. The second-order valence-electron chi connectivity index (χ2n) is 9.49. The van der Waals surface area contributed by atoms with Crippen LogP contribution in [0.2, 0.25) is 0 Å². The fourth-order valence-corrected chi connectivity index (χ4v) is 3.90. The van der Waals surface area contributed by atoms with Gasteiger partial charge in [0.05, 0.1) is 6.42 Å². The van der Waals surface area contributed by atoms with Crippen molar-refractivity contribution in [2.24, 2.45) is 5.41 Å². The summed E-state index contributed by atoms with van der Waals surface area (Å²) in [7, 11) is 0. The zero-order chi connectivity index (χ0) is 23.1. The number of hydrogen-bond acceptors (Lipinski definition) is 3. The minimum atomic E-state index is -0.363. The summed E-state index contributed by atoms with van der Waals surface area (Å²) < 4.78 is 13.3. The maximum atomic E-state index is 13.3. The van der Waals surface area contributed by atoms with Crippen LogP contribution in [0.5, 0.6) is 0 Å².